The number of benzene rings is 2. The van der Waals surface area contributed by atoms with Crippen LogP contribution < -0.4 is 9.47 Å². The van der Waals surface area contributed by atoms with E-state index in [2.05, 4.69) is 4.98 Å². The molecular weight excluding hydrogens is 476 g/mol. The van der Waals surface area contributed by atoms with Crippen LogP contribution in [0, 0.1) is 0 Å². The van der Waals surface area contributed by atoms with Crippen LogP contribution in [0.15, 0.2) is 72.4 Å². The predicted molar refractivity (Wildman–Crippen MR) is 132 cm³/mol. The van der Waals surface area contributed by atoms with E-state index in [-0.39, 0.29) is 24.5 Å². The van der Waals surface area contributed by atoms with Gasteiger partial charge in [0.15, 0.2) is 11.5 Å². The van der Waals surface area contributed by atoms with Crippen LogP contribution in [0.4, 0.5) is 0 Å². The van der Waals surface area contributed by atoms with E-state index in [1.54, 1.807) is 73.8 Å². The minimum absolute atomic E-state index is 0.0623. The van der Waals surface area contributed by atoms with Gasteiger partial charge in [-0.3, -0.25) is 14.6 Å². The van der Waals surface area contributed by atoms with Crippen LogP contribution in [-0.2, 0) is 20.9 Å². The molecule has 9 nitrogen and oxygen atoms in total. The molecule has 1 N–H and O–H groups in total. The van der Waals surface area contributed by atoms with E-state index in [0.29, 0.717) is 47.1 Å². The van der Waals surface area contributed by atoms with Gasteiger partial charge < -0.3 is 24.2 Å². The van der Waals surface area contributed by atoms with E-state index >= 15 is 0 Å². The van der Waals surface area contributed by atoms with Crippen molar-refractivity contribution in [1.82, 2.24) is 9.88 Å². The van der Waals surface area contributed by atoms with Gasteiger partial charge in [0, 0.05) is 18.3 Å². The number of carbonyl (C=O) groups is 3. The summed E-state index contributed by atoms with van der Waals surface area (Å²) in [5.74, 6) is -1.36. The molecule has 0 radical (unpaired) electrons. The van der Waals surface area contributed by atoms with Crippen molar-refractivity contribution >= 4 is 23.4 Å². The summed E-state index contributed by atoms with van der Waals surface area (Å²) in [4.78, 5) is 44.2. The van der Waals surface area contributed by atoms with Gasteiger partial charge in [0.25, 0.3) is 11.7 Å². The highest BCUT2D eigenvalue weighted by atomic mass is 16.6. The Bertz CT molecular complexity index is 1380. The Kier molecular flexibility index (Phi) is 6.59. The number of hydrogen-bond acceptors (Lipinski definition) is 8. The normalized spacial score (nSPS) is 18.1. The number of aliphatic hydroxyl groups is 1. The molecule has 1 amide bonds. The Morgan fingerprint density at radius 2 is 1.76 bits per heavy atom. The minimum atomic E-state index is -0.917. The number of fused-ring (bicyclic) bond motifs is 1. The summed E-state index contributed by atoms with van der Waals surface area (Å²) in [5.41, 5.74) is 1.76. The molecule has 1 aromatic heterocycles. The van der Waals surface area contributed by atoms with E-state index in [1.165, 1.54) is 4.90 Å². The van der Waals surface area contributed by atoms with Crippen molar-refractivity contribution in [3.05, 3.63) is 94.8 Å². The van der Waals surface area contributed by atoms with Crippen LogP contribution in [0.3, 0.4) is 0 Å². The molecule has 2 aliphatic heterocycles. The van der Waals surface area contributed by atoms with Gasteiger partial charge in [-0.2, -0.15) is 0 Å². The lowest BCUT2D eigenvalue weighted by Crippen LogP contribution is -2.29. The van der Waals surface area contributed by atoms with Gasteiger partial charge in [0.05, 0.1) is 23.4 Å². The average molecular weight is 501 g/mol. The lowest BCUT2D eigenvalue weighted by molar-refractivity contribution is -0.140. The van der Waals surface area contributed by atoms with Crippen LogP contribution in [0.5, 0.6) is 11.5 Å². The fraction of sp³-hybridized carbons (Fsp3) is 0.214. The maximum absolute atomic E-state index is 13.3. The van der Waals surface area contributed by atoms with Crippen LogP contribution >= 0.6 is 0 Å². The molecule has 1 saturated heterocycles. The molecule has 1 fully saturated rings. The fourth-order valence-electron chi connectivity index (χ4n) is 4.39. The molecule has 5 rings (SSSR count). The van der Waals surface area contributed by atoms with Crippen molar-refractivity contribution in [1.29, 1.82) is 0 Å². The number of ketones is 1. The first-order chi connectivity index (χ1) is 18.0. The standard InChI is InChI=1S/C28H24N2O7/c1-2-35-28(34)18-8-6-17(7-9-18)16-30-24(20-5-3-4-12-29-20)23(26(32)27(30)33)25(31)19-10-11-21-22(15-19)37-14-13-36-21/h3-12,15,24,31H,2,13-14,16H2,1H3/b25-23-. The van der Waals surface area contributed by atoms with Gasteiger partial charge in [-0.05, 0) is 55.0 Å². The molecule has 188 valence electrons. The maximum atomic E-state index is 13.3. The zero-order chi connectivity index (χ0) is 25.9. The number of likely N-dealkylation sites (tertiary alicyclic amines) is 1. The monoisotopic (exact) mass is 500 g/mol. The average Bonchev–Trinajstić information content (AvgIpc) is 3.18. The van der Waals surface area contributed by atoms with Crippen molar-refractivity contribution in [2.24, 2.45) is 0 Å². The number of amides is 1. The number of rotatable bonds is 6. The quantitative estimate of drug-likeness (QED) is 0.236. The highest BCUT2D eigenvalue weighted by molar-refractivity contribution is 6.46. The number of aromatic nitrogens is 1. The van der Waals surface area contributed by atoms with Gasteiger partial charge in [0.2, 0.25) is 0 Å². The number of Topliss-reactive ketones (excluding diaryl/α,β-unsaturated/α-hetero) is 1. The number of ether oxygens (including phenoxy) is 3. The topological polar surface area (TPSA) is 115 Å². The van der Waals surface area contributed by atoms with E-state index in [0.717, 1.165) is 0 Å². The highest BCUT2D eigenvalue weighted by Crippen LogP contribution is 2.41. The summed E-state index contributed by atoms with van der Waals surface area (Å²) in [6.07, 6.45) is 1.56. The zero-order valence-corrected chi connectivity index (χ0v) is 20.0. The van der Waals surface area contributed by atoms with Crippen LogP contribution in [0.2, 0.25) is 0 Å². The Morgan fingerprint density at radius 3 is 2.46 bits per heavy atom. The number of carbonyl (C=O) groups excluding carboxylic acids is 3. The van der Waals surface area contributed by atoms with Gasteiger partial charge in [-0.25, -0.2) is 4.79 Å². The van der Waals surface area contributed by atoms with Crippen molar-refractivity contribution < 1.29 is 33.7 Å². The smallest absolute Gasteiger partial charge is 0.338 e. The van der Waals surface area contributed by atoms with Crippen LogP contribution in [-0.4, -0.2) is 52.5 Å². The first kappa shape index (κ1) is 24.1. The van der Waals surface area contributed by atoms with Crippen LogP contribution in [0.25, 0.3) is 5.76 Å². The molecule has 0 bridgehead atoms. The molecule has 0 saturated carbocycles. The van der Waals surface area contributed by atoms with E-state index in [4.69, 9.17) is 14.2 Å². The third kappa shape index (κ3) is 4.63. The van der Waals surface area contributed by atoms with Crippen molar-refractivity contribution in [2.75, 3.05) is 19.8 Å². The molecule has 9 heteroatoms. The molecule has 3 aromatic rings. The molecule has 3 heterocycles. The molecule has 37 heavy (non-hydrogen) atoms. The summed E-state index contributed by atoms with van der Waals surface area (Å²) >= 11 is 0. The fourth-order valence-corrected chi connectivity index (χ4v) is 4.39. The van der Waals surface area contributed by atoms with Gasteiger partial charge in [0.1, 0.15) is 25.0 Å². The molecule has 0 spiro atoms. The SMILES string of the molecule is CCOC(=O)c1ccc(CN2C(=O)C(=O)/C(=C(\O)c3ccc4c(c3)OCCO4)C2c2ccccn2)cc1. The third-order valence-electron chi connectivity index (χ3n) is 6.14. The molecule has 1 atom stereocenters. The summed E-state index contributed by atoms with van der Waals surface area (Å²) in [7, 11) is 0. The largest absolute Gasteiger partial charge is 0.507 e. The van der Waals surface area contributed by atoms with Crippen molar-refractivity contribution in [3.63, 3.8) is 0 Å². The summed E-state index contributed by atoms with van der Waals surface area (Å²) in [5, 5.41) is 11.3. The number of nitrogens with zero attached hydrogens (tertiary/aromatic N) is 2. The Balaban J connectivity index is 1.53. The van der Waals surface area contributed by atoms with E-state index in [1.807, 2.05) is 0 Å². The summed E-state index contributed by atoms with van der Waals surface area (Å²) < 4.78 is 16.2. The van der Waals surface area contributed by atoms with Crippen LogP contribution in [0.1, 0.15) is 40.1 Å². The first-order valence-corrected chi connectivity index (χ1v) is 11.8. The van der Waals surface area contributed by atoms with E-state index in [9.17, 15) is 19.5 Å². The van der Waals surface area contributed by atoms with E-state index < -0.39 is 23.7 Å². The van der Waals surface area contributed by atoms with Crippen molar-refractivity contribution in [2.45, 2.75) is 19.5 Å². The maximum Gasteiger partial charge on any atom is 0.338 e. The number of aliphatic hydroxyl groups excluding tert-OH is 1. The second-order valence-corrected chi connectivity index (χ2v) is 8.46. The molecule has 0 aliphatic carbocycles. The third-order valence-corrected chi connectivity index (χ3v) is 6.14. The number of hydrogen-bond donors (Lipinski definition) is 1. The lowest BCUT2D eigenvalue weighted by Gasteiger charge is -2.25. The molecule has 2 aliphatic rings. The Hall–Kier alpha value is -4.66. The number of esters is 1. The molecular formula is C28H24N2O7. The second kappa shape index (κ2) is 10.1. The van der Waals surface area contributed by atoms with Crippen molar-refractivity contribution in [3.8, 4) is 11.5 Å². The second-order valence-electron chi connectivity index (χ2n) is 8.46. The molecule has 2 aromatic carbocycles. The summed E-state index contributed by atoms with van der Waals surface area (Å²) in [6.45, 7) is 2.84. The molecule has 1 unspecified atom stereocenters. The van der Waals surface area contributed by atoms with Gasteiger partial charge in [-0.1, -0.05) is 18.2 Å². The first-order valence-electron chi connectivity index (χ1n) is 11.8. The van der Waals surface area contributed by atoms with Gasteiger partial charge in [-0.15, -0.1) is 0 Å². The Labute approximate surface area is 212 Å². The number of pyridine rings is 1. The summed E-state index contributed by atoms with van der Waals surface area (Å²) in [6, 6.07) is 15.7. The lowest BCUT2D eigenvalue weighted by atomic mass is 9.98. The van der Waals surface area contributed by atoms with Gasteiger partial charge >= 0.3 is 5.97 Å². The predicted octanol–water partition coefficient (Wildman–Crippen LogP) is 3.65. The highest BCUT2D eigenvalue weighted by Gasteiger charge is 2.46. The zero-order valence-electron chi connectivity index (χ0n) is 20.0. The Morgan fingerprint density at radius 1 is 1.03 bits per heavy atom. The minimum Gasteiger partial charge on any atom is -0.507 e.